The predicted molar refractivity (Wildman–Crippen MR) is 69.8 cm³/mol. The number of aromatic nitrogens is 2. The summed E-state index contributed by atoms with van der Waals surface area (Å²) in [5.41, 5.74) is 1.01. The molecule has 5 nitrogen and oxygen atoms in total. The molecule has 0 bridgehead atoms. The van der Waals surface area contributed by atoms with Crippen LogP contribution in [0.2, 0.25) is 0 Å². The standard InChI is InChI=1S/C13H20N4O/c1-10-15-11(12-9-14-4-7-18-12)8-13(16-10)17-5-2-3-6-17/h8,12,14H,2-7,9H2,1H3/t12-/m0/s1. The number of nitrogens with zero attached hydrogens (tertiary/aromatic N) is 3. The Kier molecular flexibility index (Phi) is 3.43. The number of anilines is 1. The third-order valence-corrected chi connectivity index (χ3v) is 3.53. The predicted octanol–water partition coefficient (Wildman–Crippen LogP) is 1.05. The number of morpholine rings is 1. The molecule has 1 atom stereocenters. The van der Waals surface area contributed by atoms with Crippen molar-refractivity contribution in [3.05, 3.63) is 17.6 Å². The summed E-state index contributed by atoms with van der Waals surface area (Å²) in [5, 5.41) is 3.34. The highest BCUT2D eigenvalue weighted by Gasteiger charge is 2.21. The van der Waals surface area contributed by atoms with Crippen molar-refractivity contribution in [1.29, 1.82) is 0 Å². The van der Waals surface area contributed by atoms with Crippen LogP contribution >= 0.6 is 0 Å². The number of rotatable bonds is 2. The zero-order valence-corrected chi connectivity index (χ0v) is 10.9. The van der Waals surface area contributed by atoms with E-state index >= 15 is 0 Å². The molecular formula is C13H20N4O. The highest BCUT2D eigenvalue weighted by molar-refractivity contribution is 5.41. The van der Waals surface area contributed by atoms with E-state index in [1.54, 1.807) is 0 Å². The van der Waals surface area contributed by atoms with Crippen LogP contribution < -0.4 is 10.2 Å². The van der Waals surface area contributed by atoms with Crippen molar-refractivity contribution in [2.45, 2.75) is 25.9 Å². The first kappa shape index (κ1) is 11.9. The van der Waals surface area contributed by atoms with E-state index in [4.69, 9.17) is 4.74 Å². The molecule has 98 valence electrons. The zero-order valence-electron chi connectivity index (χ0n) is 10.9. The minimum absolute atomic E-state index is 0.0711. The smallest absolute Gasteiger partial charge is 0.132 e. The molecule has 2 saturated heterocycles. The van der Waals surface area contributed by atoms with Gasteiger partial charge in [-0.15, -0.1) is 0 Å². The monoisotopic (exact) mass is 248 g/mol. The molecule has 0 aromatic carbocycles. The third kappa shape index (κ3) is 2.47. The normalized spacial score (nSPS) is 24.5. The van der Waals surface area contributed by atoms with Crippen LogP contribution in [0, 0.1) is 6.92 Å². The number of aryl methyl sites for hydroxylation is 1. The number of hydrogen-bond acceptors (Lipinski definition) is 5. The van der Waals surface area contributed by atoms with Crippen molar-refractivity contribution in [1.82, 2.24) is 15.3 Å². The largest absolute Gasteiger partial charge is 0.369 e. The van der Waals surface area contributed by atoms with E-state index in [0.717, 1.165) is 50.1 Å². The number of ether oxygens (including phenoxy) is 1. The summed E-state index contributed by atoms with van der Waals surface area (Å²) >= 11 is 0. The summed E-state index contributed by atoms with van der Waals surface area (Å²) in [6, 6.07) is 2.09. The van der Waals surface area contributed by atoms with E-state index in [2.05, 4.69) is 26.3 Å². The Labute approximate surface area is 108 Å². The molecule has 1 N–H and O–H groups in total. The Morgan fingerprint density at radius 3 is 2.89 bits per heavy atom. The first-order valence-corrected chi connectivity index (χ1v) is 6.76. The molecule has 2 aliphatic rings. The van der Waals surface area contributed by atoms with Gasteiger partial charge in [-0.05, 0) is 19.8 Å². The van der Waals surface area contributed by atoms with Gasteiger partial charge in [0.25, 0.3) is 0 Å². The third-order valence-electron chi connectivity index (χ3n) is 3.53. The molecule has 1 aromatic heterocycles. The van der Waals surface area contributed by atoms with Gasteiger partial charge in [0.1, 0.15) is 17.7 Å². The van der Waals surface area contributed by atoms with Crippen molar-refractivity contribution in [3.63, 3.8) is 0 Å². The fraction of sp³-hybridized carbons (Fsp3) is 0.692. The summed E-state index contributed by atoms with van der Waals surface area (Å²) in [4.78, 5) is 11.4. The maximum absolute atomic E-state index is 5.77. The van der Waals surface area contributed by atoms with Gasteiger partial charge in [0.15, 0.2) is 0 Å². The van der Waals surface area contributed by atoms with E-state index < -0.39 is 0 Å². The van der Waals surface area contributed by atoms with Crippen LogP contribution in [-0.2, 0) is 4.74 Å². The highest BCUT2D eigenvalue weighted by atomic mass is 16.5. The fourth-order valence-corrected chi connectivity index (χ4v) is 2.60. The first-order chi connectivity index (χ1) is 8.83. The molecule has 1 aromatic rings. The average molecular weight is 248 g/mol. The van der Waals surface area contributed by atoms with Gasteiger partial charge in [-0.25, -0.2) is 9.97 Å². The second-order valence-electron chi connectivity index (χ2n) is 4.96. The zero-order chi connectivity index (χ0) is 12.4. The van der Waals surface area contributed by atoms with Gasteiger partial charge in [0, 0.05) is 32.2 Å². The second kappa shape index (κ2) is 5.20. The molecule has 0 aliphatic carbocycles. The van der Waals surface area contributed by atoms with E-state index in [0.29, 0.717) is 0 Å². The molecule has 3 heterocycles. The second-order valence-corrected chi connectivity index (χ2v) is 4.96. The molecule has 2 fully saturated rings. The quantitative estimate of drug-likeness (QED) is 0.847. The Hall–Kier alpha value is -1.20. The molecule has 18 heavy (non-hydrogen) atoms. The molecular weight excluding hydrogens is 228 g/mol. The minimum Gasteiger partial charge on any atom is -0.369 e. The van der Waals surface area contributed by atoms with E-state index in [-0.39, 0.29) is 6.10 Å². The summed E-state index contributed by atoms with van der Waals surface area (Å²) in [6.07, 6.45) is 2.60. The van der Waals surface area contributed by atoms with Gasteiger partial charge in [-0.1, -0.05) is 0 Å². The molecule has 2 aliphatic heterocycles. The van der Waals surface area contributed by atoms with Crippen LogP contribution in [0.15, 0.2) is 6.07 Å². The van der Waals surface area contributed by atoms with Crippen LogP contribution in [0.4, 0.5) is 5.82 Å². The lowest BCUT2D eigenvalue weighted by Crippen LogP contribution is -2.34. The van der Waals surface area contributed by atoms with Gasteiger partial charge in [0.2, 0.25) is 0 Å². The van der Waals surface area contributed by atoms with Crippen molar-refractivity contribution in [3.8, 4) is 0 Å². The lowest BCUT2D eigenvalue weighted by Gasteiger charge is -2.25. The average Bonchev–Trinajstić information content (AvgIpc) is 2.93. The van der Waals surface area contributed by atoms with Crippen LogP contribution in [0.5, 0.6) is 0 Å². The van der Waals surface area contributed by atoms with Crippen molar-refractivity contribution < 1.29 is 4.74 Å². The van der Waals surface area contributed by atoms with E-state index in [9.17, 15) is 0 Å². The number of nitrogens with one attached hydrogen (secondary N) is 1. The molecule has 0 amide bonds. The Bertz CT molecular complexity index is 411. The lowest BCUT2D eigenvalue weighted by atomic mass is 10.2. The molecule has 0 unspecified atom stereocenters. The molecule has 3 rings (SSSR count). The van der Waals surface area contributed by atoms with Gasteiger partial charge in [0.05, 0.1) is 12.3 Å². The maximum atomic E-state index is 5.77. The van der Waals surface area contributed by atoms with Gasteiger partial charge >= 0.3 is 0 Å². The fourth-order valence-electron chi connectivity index (χ4n) is 2.60. The van der Waals surface area contributed by atoms with Crippen molar-refractivity contribution in [2.24, 2.45) is 0 Å². The summed E-state index contributed by atoms with van der Waals surface area (Å²) < 4.78 is 5.77. The first-order valence-electron chi connectivity index (χ1n) is 6.76. The van der Waals surface area contributed by atoms with Crippen LogP contribution in [0.3, 0.4) is 0 Å². The summed E-state index contributed by atoms with van der Waals surface area (Å²) in [6.45, 7) is 6.71. The Balaban J connectivity index is 1.84. The van der Waals surface area contributed by atoms with Crippen LogP contribution in [0.1, 0.15) is 30.5 Å². The number of hydrogen-bond donors (Lipinski definition) is 1. The highest BCUT2D eigenvalue weighted by Crippen LogP contribution is 2.23. The van der Waals surface area contributed by atoms with Gasteiger partial charge in [-0.2, -0.15) is 0 Å². The molecule has 0 spiro atoms. The van der Waals surface area contributed by atoms with Gasteiger partial charge < -0.3 is 15.0 Å². The minimum atomic E-state index is 0.0711. The van der Waals surface area contributed by atoms with Crippen LogP contribution in [0.25, 0.3) is 0 Å². The van der Waals surface area contributed by atoms with E-state index in [1.807, 2.05) is 6.92 Å². The molecule has 5 heteroatoms. The Morgan fingerprint density at radius 1 is 1.33 bits per heavy atom. The summed E-state index contributed by atoms with van der Waals surface area (Å²) in [5.74, 6) is 1.90. The maximum Gasteiger partial charge on any atom is 0.132 e. The lowest BCUT2D eigenvalue weighted by molar-refractivity contribution is 0.0249. The summed E-state index contributed by atoms with van der Waals surface area (Å²) in [7, 11) is 0. The SMILES string of the molecule is Cc1nc([C@@H]2CNCCO2)cc(N2CCCC2)n1. The van der Waals surface area contributed by atoms with Crippen molar-refractivity contribution in [2.75, 3.05) is 37.7 Å². The molecule has 0 radical (unpaired) electrons. The topological polar surface area (TPSA) is 50.3 Å². The van der Waals surface area contributed by atoms with Crippen LogP contribution in [-0.4, -0.2) is 42.8 Å². The Morgan fingerprint density at radius 2 is 2.17 bits per heavy atom. The van der Waals surface area contributed by atoms with E-state index in [1.165, 1.54) is 12.8 Å². The molecule has 0 saturated carbocycles. The van der Waals surface area contributed by atoms with Gasteiger partial charge in [-0.3, -0.25) is 0 Å². The van der Waals surface area contributed by atoms with Crippen molar-refractivity contribution >= 4 is 5.82 Å².